The zero-order valence-electron chi connectivity index (χ0n) is 22.7. The van der Waals surface area contributed by atoms with Gasteiger partial charge in [0.15, 0.2) is 0 Å². The second kappa shape index (κ2) is 13.7. The number of halogens is 3. The van der Waals surface area contributed by atoms with Gasteiger partial charge in [-0.25, -0.2) is 8.42 Å². The average molecular weight is 625 g/mol. The highest BCUT2D eigenvalue weighted by Gasteiger charge is 2.33. The minimum Gasteiger partial charge on any atom is -0.352 e. The fourth-order valence-corrected chi connectivity index (χ4v) is 6.11. The largest absolute Gasteiger partial charge is 0.352 e. The van der Waals surface area contributed by atoms with Crippen molar-refractivity contribution in [1.82, 2.24) is 10.2 Å². The highest BCUT2D eigenvalue weighted by molar-refractivity contribution is 7.92. The molecule has 0 saturated heterocycles. The number of hydrogen-bond acceptors (Lipinski definition) is 4. The normalized spacial score (nSPS) is 12.9. The molecule has 0 heterocycles. The molecule has 0 radical (unpaired) electrons. The summed E-state index contributed by atoms with van der Waals surface area (Å²) in [5, 5.41) is 3.92. The van der Waals surface area contributed by atoms with Gasteiger partial charge in [-0.1, -0.05) is 66.0 Å². The average Bonchev–Trinajstić information content (AvgIpc) is 2.91. The van der Waals surface area contributed by atoms with Gasteiger partial charge in [-0.15, -0.1) is 0 Å². The Morgan fingerprint density at radius 1 is 0.900 bits per heavy atom. The maximum Gasteiger partial charge on any atom is 0.264 e. The molecule has 2 atom stereocenters. The number of carbonyl (C=O) groups is 2. The summed E-state index contributed by atoms with van der Waals surface area (Å²) < 4.78 is 28.8. The van der Waals surface area contributed by atoms with Crippen LogP contribution in [0.3, 0.4) is 0 Å². The van der Waals surface area contributed by atoms with Crippen LogP contribution in [0.2, 0.25) is 15.1 Å². The summed E-state index contributed by atoms with van der Waals surface area (Å²) in [6, 6.07) is 16.5. The third kappa shape index (κ3) is 7.49. The molecule has 40 heavy (non-hydrogen) atoms. The first kappa shape index (κ1) is 31.7. The fourth-order valence-electron chi connectivity index (χ4n) is 3.99. The van der Waals surface area contributed by atoms with Crippen molar-refractivity contribution in [3.63, 3.8) is 0 Å². The number of nitrogens with one attached hydrogen (secondary N) is 1. The van der Waals surface area contributed by atoms with E-state index in [1.807, 2.05) is 13.8 Å². The van der Waals surface area contributed by atoms with Crippen LogP contribution >= 0.6 is 34.8 Å². The zero-order chi connectivity index (χ0) is 29.6. The number of para-hydroxylation sites is 1. The van der Waals surface area contributed by atoms with Gasteiger partial charge in [0.05, 0.1) is 10.6 Å². The number of hydrogen-bond donors (Lipinski definition) is 1. The summed E-state index contributed by atoms with van der Waals surface area (Å²) in [7, 11) is -4.21. The van der Waals surface area contributed by atoms with Crippen LogP contribution in [0.25, 0.3) is 0 Å². The number of nitrogens with zero attached hydrogens (tertiary/aromatic N) is 2. The fraction of sp³-hybridized carbons (Fsp3) is 0.310. The van der Waals surface area contributed by atoms with Gasteiger partial charge in [-0.05, 0) is 75.2 Å². The van der Waals surface area contributed by atoms with E-state index in [0.717, 1.165) is 4.31 Å². The molecule has 0 aliphatic heterocycles. The summed E-state index contributed by atoms with van der Waals surface area (Å²) in [4.78, 5) is 28.5. The Morgan fingerprint density at radius 3 is 2.08 bits per heavy atom. The molecule has 0 aromatic heterocycles. The van der Waals surface area contributed by atoms with Crippen LogP contribution in [0.1, 0.15) is 38.3 Å². The summed E-state index contributed by atoms with van der Waals surface area (Å²) in [6.45, 7) is 6.47. The Hall–Kier alpha value is -2.78. The van der Waals surface area contributed by atoms with Gasteiger partial charge >= 0.3 is 0 Å². The maximum absolute atomic E-state index is 14.0. The van der Waals surface area contributed by atoms with E-state index in [-0.39, 0.29) is 23.4 Å². The molecular weight excluding hydrogens is 593 g/mol. The van der Waals surface area contributed by atoms with Crippen molar-refractivity contribution in [2.45, 2.75) is 57.6 Å². The van der Waals surface area contributed by atoms with Gasteiger partial charge in [-0.2, -0.15) is 0 Å². The number of sulfonamides is 1. The predicted molar refractivity (Wildman–Crippen MR) is 162 cm³/mol. The third-order valence-corrected chi connectivity index (χ3v) is 9.36. The molecule has 1 N–H and O–H groups in total. The first-order valence-electron chi connectivity index (χ1n) is 12.7. The molecule has 0 aliphatic rings. The predicted octanol–water partition coefficient (Wildman–Crippen LogP) is 6.48. The summed E-state index contributed by atoms with van der Waals surface area (Å²) >= 11 is 18.8. The molecule has 0 unspecified atom stereocenters. The quantitative estimate of drug-likeness (QED) is 0.265. The standard InChI is InChI=1S/C29H32Cl3N3O4S/c1-5-20(3)33-29(37)21(4)34(17-24-25(31)10-8-11-26(24)32)28(36)18-35(27-12-7-6-9-19(27)2)40(38,39)23-15-13-22(30)14-16-23/h6-16,20-21H,5,17-18H2,1-4H3,(H,33,37)/t20-,21-/m1/s1. The highest BCUT2D eigenvalue weighted by atomic mass is 35.5. The van der Waals surface area contributed by atoms with E-state index in [1.54, 1.807) is 56.3 Å². The molecule has 0 saturated carbocycles. The topological polar surface area (TPSA) is 86.8 Å². The molecule has 7 nitrogen and oxygen atoms in total. The van der Waals surface area contributed by atoms with Gasteiger partial charge in [0, 0.05) is 33.2 Å². The Labute approximate surface area is 251 Å². The van der Waals surface area contributed by atoms with Crippen molar-refractivity contribution in [1.29, 1.82) is 0 Å². The maximum atomic E-state index is 14.0. The van der Waals surface area contributed by atoms with Crippen LogP contribution in [0.5, 0.6) is 0 Å². The van der Waals surface area contributed by atoms with Gasteiger partial charge < -0.3 is 10.2 Å². The molecule has 214 valence electrons. The smallest absolute Gasteiger partial charge is 0.264 e. The molecule has 11 heteroatoms. The Bertz CT molecular complexity index is 1450. The lowest BCUT2D eigenvalue weighted by Gasteiger charge is -2.33. The van der Waals surface area contributed by atoms with Gasteiger partial charge in [0.1, 0.15) is 12.6 Å². The van der Waals surface area contributed by atoms with E-state index in [9.17, 15) is 18.0 Å². The lowest BCUT2D eigenvalue weighted by atomic mass is 10.1. The Morgan fingerprint density at radius 2 is 1.50 bits per heavy atom. The van der Waals surface area contributed by atoms with E-state index in [2.05, 4.69) is 5.32 Å². The van der Waals surface area contributed by atoms with Crippen LogP contribution < -0.4 is 9.62 Å². The summed E-state index contributed by atoms with van der Waals surface area (Å²) in [5.41, 5.74) is 1.43. The van der Waals surface area contributed by atoms with Crippen LogP contribution in [0.4, 0.5) is 5.69 Å². The van der Waals surface area contributed by atoms with Crippen molar-refractivity contribution < 1.29 is 18.0 Å². The second-order valence-electron chi connectivity index (χ2n) is 9.47. The Balaban J connectivity index is 2.08. The molecule has 2 amide bonds. The van der Waals surface area contributed by atoms with Crippen LogP contribution in [-0.2, 0) is 26.2 Å². The highest BCUT2D eigenvalue weighted by Crippen LogP contribution is 2.30. The Kier molecular flexibility index (Phi) is 10.9. The SMILES string of the molecule is CC[C@@H](C)NC(=O)[C@@H](C)N(Cc1c(Cl)cccc1Cl)C(=O)CN(c1ccccc1C)S(=O)(=O)c1ccc(Cl)cc1. The molecule has 0 fully saturated rings. The van der Waals surface area contributed by atoms with Crippen LogP contribution in [0, 0.1) is 6.92 Å². The molecule has 3 aromatic rings. The molecule has 3 rings (SSSR count). The number of aryl methyl sites for hydroxylation is 1. The van der Waals surface area contributed by atoms with Gasteiger partial charge in [-0.3, -0.25) is 13.9 Å². The number of benzene rings is 3. The van der Waals surface area contributed by atoms with Crippen LogP contribution in [-0.4, -0.2) is 43.8 Å². The van der Waals surface area contributed by atoms with Crippen molar-refractivity contribution in [2.24, 2.45) is 0 Å². The van der Waals surface area contributed by atoms with Crippen molar-refractivity contribution in [3.05, 3.63) is 92.9 Å². The summed E-state index contributed by atoms with van der Waals surface area (Å²) in [5.74, 6) is -0.988. The van der Waals surface area contributed by atoms with E-state index in [0.29, 0.717) is 38.3 Å². The third-order valence-electron chi connectivity index (χ3n) is 6.62. The number of rotatable bonds is 11. The molecule has 3 aromatic carbocycles. The second-order valence-corrected chi connectivity index (χ2v) is 12.6. The lowest BCUT2D eigenvalue weighted by molar-refractivity contribution is -0.139. The van der Waals surface area contributed by atoms with E-state index < -0.39 is 28.5 Å². The summed E-state index contributed by atoms with van der Waals surface area (Å²) in [6.07, 6.45) is 0.698. The minimum atomic E-state index is -4.21. The first-order chi connectivity index (χ1) is 18.9. The molecule has 0 spiro atoms. The lowest BCUT2D eigenvalue weighted by Crippen LogP contribution is -2.52. The zero-order valence-corrected chi connectivity index (χ0v) is 25.8. The minimum absolute atomic E-state index is 0.0313. The molecule has 0 aliphatic carbocycles. The van der Waals surface area contributed by atoms with E-state index in [1.165, 1.54) is 29.2 Å². The van der Waals surface area contributed by atoms with E-state index in [4.69, 9.17) is 34.8 Å². The number of anilines is 1. The van der Waals surface area contributed by atoms with Crippen molar-refractivity contribution >= 4 is 62.3 Å². The number of amides is 2. The molecule has 0 bridgehead atoms. The number of carbonyl (C=O) groups excluding carboxylic acids is 2. The van der Waals surface area contributed by atoms with Crippen molar-refractivity contribution in [2.75, 3.05) is 10.8 Å². The van der Waals surface area contributed by atoms with Gasteiger partial charge in [0.25, 0.3) is 10.0 Å². The first-order valence-corrected chi connectivity index (χ1v) is 15.3. The molecular formula is C29H32Cl3N3O4S. The van der Waals surface area contributed by atoms with Crippen LogP contribution in [0.15, 0.2) is 71.6 Å². The van der Waals surface area contributed by atoms with Gasteiger partial charge in [0.2, 0.25) is 11.8 Å². The monoisotopic (exact) mass is 623 g/mol. The van der Waals surface area contributed by atoms with Crippen molar-refractivity contribution in [3.8, 4) is 0 Å². The van der Waals surface area contributed by atoms with E-state index >= 15 is 0 Å².